The molecule has 1 aliphatic heterocycles. The summed E-state index contributed by atoms with van der Waals surface area (Å²) in [4.78, 5) is 14.6. The van der Waals surface area contributed by atoms with Crippen LogP contribution in [0.1, 0.15) is 31.4 Å². The quantitative estimate of drug-likeness (QED) is 0.614. The summed E-state index contributed by atoms with van der Waals surface area (Å²) in [7, 11) is 1.83. The van der Waals surface area contributed by atoms with Crippen molar-refractivity contribution in [1.29, 1.82) is 0 Å². The van der Waals surface area contributed by atoms with E-state index in [0.29, 0.717) is 13.2 Å². The summed E-state index contributed by atoms with van der Waals surface area (Å²) in [5, 5.41) is 17.9. The zero-order chi connectivity index (χ0) is 17.6. The van der Waals surface area contributed by atoms with Gasteiger partial charge < -0.3 is 15.2 Å². The maximum Gasteiger partial charge on any atom is 0.244 e. The Hall–Kier alpha value is -1.70. The second-order valence-corrected chi connectivity index (χ2v) is 6.82. The molecule has 1 amide bonds. The van der Waals surface area contributed by atoms with Crippen LogP contribution in [0.5, 0.6) is 0 Å². The third kappa shape index (κ3) is 4.68. The summed E-state index contributed by atoms with van der Waals surface area (Å²) >= 11 is 0. The molecule has 7 heteroatoms. The Morgan fingerprint density at radius 1 is 1.36 bits per heavy atom. The Morgan fingerprint density at radius 2 is 2.12 bits per heavy atom. The third-order valence-electron chi connectivity index (χ3n) is 5.18. The Bertz CT molecular complexity index is 595. The lowest BCUT2D eigenvalue weighted by Gasteiger charge is -2.38. The van der Waals surface area contributed by atoms with E-state index in [0.717, 1.165) is 44.5 Å². The van der Waals surface area contributed by atoms with E-state index in [2.05, 4.69) is 15.3 Å². The van der Waals surface area contributed by atoms with Crippen LogP contribution < -0.4 is 5.32 Å². The average Bonchev–Trinajstić information content (AvgIpc) is 2.95. The van der Waals surface area contributed by atoms with E-state index in [-0.39, 0.29) is 18.0 Å². The van der Waals surface area contributed by atoms with Crippen LogP contribution in [0.4, 0.5) is 0 Å². The molecule has 25 heavy (non-hydrogen) atoms. The molecule has 3 atom stereocenters. The first-order chi connectivity index (χ1) is 12.1. The monoisotopic (exact) mass is 348 g/mol. The van der Waals surface area contributed by atoms with Crippen LogP contribution >= 0.6 is 0 Å². The van der Waals surface area contributed by atoms with Crippen LogP contribution in [-0.4, -0.2) is 70.2 Å². The molecule has 2 fully saturated rings. The first-order valence-corrected chi connectivity index (χ1v) is 9.11. The maximum absolute atomic E-state index is 12.3. The van der Waals surface area contributed by atoms with Gasteiger partial charge in [-0.15, -0.1) is 0 Å². The number of aliphatic hydroxyl groups excluding tert-OH is 1. The van der Waals surface area contributed by atoms with E-state index in [1.54, 1.807) is 17.0 Å². The molecule has 138 valence electrons. The minimum atomic E-state index is -0.547. The van der Waals surface area contributed by atoms with Gasteiger partial charge in [-0.1, -0.05) is 12.8 Å². The van der Waals surface area contributed by atoms with Crippen LogP contribution in [0.25, 0.3) is 6.08 Å². The lowest BCUT2D eigenvalue weighted by atomic mass is 9.99. The maximum atomic E-state index is 12.3. The first kappa shape index (κ1) is 18.1. The largest absolute Gasteiger partial charge is 0.389 e. The highest BCUT2D eigenvalue weighted by Gasteiger charge is 2.34. The van der Waals surface area contributed by atoms with Gasteiger partial charge in [0.15, 0.2) is 0 Å². The fourth-order valence-electron chi connectivity index (χ4n) is 3.73. The predicted octanol–water partition coefficient (Wildman–Crippen LogP) is 0.554. The van der Waals surface area contributed by atoms with Crippen molar-refractivity contribution in [2.24, 2.45) is 7.05 Å². The number of hydrogen-bond donors (Lipinski definition) is 2. The van der Waals surface area contributed by atoms with Gasteiger partial charge in [-0.3, -0.25) is 14.4 Å². The van der Waals surface area contributed by atoms with Crippen molar-refractivity contribution < 1.29 is 14.6 Å². The summed E-state index contributed by atoms with van der Waals surface area (Å²) in [5.41, 5.74) is 0.864. The number of nitrogens with one attached hydrogen (secondary N) is 1. The number of rotatable bonds is 4. The highest BCUT2D eigenvalue weighted by atomic mass is 16.5. The second kappa shape index (κ2) is 8.60. The Morgan fingerprint density at radius 3 is 2.84 bits per heavy atom. The number of ether oxygens (including phenoxy) is 1. The van der Waals surface area contributed by atoms with Crippen molar-refractivity contribution >= 4 is 12.0 Å². The molecule has 3 rings (SSSR count). The van der Waals surface area contributed by atoms with Gasteiger partial charge in [0.2, 0.25) is 5.91 Å². The average molecular weight is 348 g/mol. The van der Waals surface area contributed by atoms with E-state index in [9.17, 15) is 9.90 Å². The first-order valence-electron chi connectivity index (χ1n) is 9.11. The molecule has 1 saturated carbocycles. The topological polar surface area (TPSA) is 79.6 Å². The predicted molar refractivity (Wildman–Crippen MR) is 94.8 cm³/mol. The lowest BCUT2D eigenvalue weighted by Crippen LogP contribution is -2.55. The van der Waals surface area contributed by atoms with E-state index in [1.807, 2.05) is 13.1 Å². The zero-order valence-corrected chi connectivity index (χ0v) is 14.8. The highest BCUT2D eigenvalue weighted by Crippen LogP contribution is 2.24. The molecule has 0 radical (unpaired) electrons. The molecule has 2 heterocycles. The van der Waals surface area contributed by atoms with E-state index in [4.69, 9.17) is 4.74 Å². The van der Waals surface area contributed by atoms with Crippen LogP contribution in [0, 0.1) is 0 Å². The number of carbonyl (C=O) groups excluding carboxylic acids is 1. The summed E-state index contributed by atoms with van der Waals surface area (Å²) in [6, 6.07) is 1.73. The number of amides is 1. The zero-order valence-electron chi connectivity index (χ0n) is 14.8. The minimum absolute atomic E-state index is 0.0951. The molecule has 0 aromatic carbocycles. The molecule has 1 aliphatic carbocycles. The van der Waals surface area contributed by atoms with Crippen molar-refractivity contribution in [3.8, 4) is 0 Å². The molecular weight excluding hydrogens is 320 g/mol. The fourth-order valence-corrected chi connectivity index (χ4v) is 3.73. The Kier molecular flexibility index (Phi) is 6.23. The SMILES string of the molecule is Cn1nccc1/C=C/C(=O)N[C@@H]1CCCC[C@@H](N2CCOCC2)[C@@H]1O. The van der Waals surface area contributed by atoms with Crippen LogP contribution in [0.3, 0.4) is 0 Å². The van der Waals surface area contributed by atoms with Crippen molar-refractivity contribution in [2.75, 3.05) is 26.3 Å². The standard InChI is InChI=1S/C18H28N4O3/c1-21-14(8-9-19-21)6-7-17(23)20-15-4-2-3-5-16(18(15)24)22-10-12-25-13-11-22/h6-9,15-16,18,24H,2-5,10-13H2,1H3,(H,20,23)/b7-6+/t15-,16-,18-/m1/s1. The van der Waals surface area contributed by atoms with Gasteiger partial charge in [0, 0.05) is 38.5 Å². The van der Waals surface area contributed by atoms with Gasteiger partial charge in [-0.05, 0) is 25.0 Å². The summed E-state index contributed by atoms with van der Waals surface area (Å²) in [5.74, 6) is -0.173. The molecule has 0 unspecified atom stereocenters. The number of nitrogens with zero attached hydrogens (tertiary/aromatic N) is 3. The number of morpholine rings is 1. The molecule has 2 N–H and O–H groups in total. The van der Waals surface area contributed by atoms with Crippen molar-refractivity contribution in [3.05, 3.63) is 24.0 Å². The van der Waals surface area contributed by atoms with Gasteiger partial charge in [0.05, 0.1) is 31.1 Å². The number of aliphatic hydroxyl groups is 1. The lowest BCUT2D eigenvalue weighted by molar-refractivity contribution is -0.118. The molecular formula is C18H28N4O3. The van der Waals surface area contributed by atoms with E-state index >= 15 is 0 Å². The number of aromatic nitrogens is 2. The molecule has 2 aliphatic rings. The van der Waals surface area contributed by atoms with Crippen molar-refractivity contribution in [2.45, 2.75) is 43.9 Å². The molecule has 7 nitrogen and oxygen atoms in total. The normalized spacial score (nSPS) is 28.8. The molecule has 1 saturated heterocycles. The second-order valence-electron chi connectivity index (χ2n) is 6.82. The van der Waals surface area contributed by atoms with Crippen LogP contribution in [-0.2, 0) is 16.6 Å². The van der Waals surface area contributed by atoms with E-state index < -0.39 is 6.10 Å². The number of carbonyl (C=O) groups is 1. The van der Waals surface area contributed by atoms with Gasteiger partial charge >= 0.3 is 0 Å². The summed E-state index contributed by atoms with van der Waals surface area (Å²) in [6.45, 7) is 3.13. The van der Waals surface area contributed by atoms with E-state index in [1.165, 1.54) is 6.08 Å². The van der Waals surface area contributed by atoms with Crippen LogP contribution in [0.15, 0.2) is 18.3 Å². The van der Waals surface area contributed by atoms with Gasteiger partial charge in [0.25, 0.3) is 0 Å². The van der Waals surface area contributed by atoms with Crippen LogP contribution in [0.2, 0.25) is 0 Å². The van der Waals surface area contributed by atoms with Gasteiger partial charge in [0.1, 0.15) is 0 Å². The Labute approximate surface area is 148 Å². The molecule has 1 aromatic rings. The number of hydrogen-bond acceptors (Lipinski definition) is 5. The summed E-state index contributed by atoms with van der Waals surface area (Å²) in [6.07, 6.45) is 8.29. The fraction of sp³-hybridized carbons (Fsp3) is 0.667. The molecule has 0 spiro atoms. The van der Waals surface area contributed by atoms with Crippen molar-refractivity contribution in [3.63, 3.8) is 0 Å². The minimum Gasteiger partial charge on any atom is -0.389 e. The third-order valence-corrected chi connectivity index (χ3v) is 5.18. The molecule has 1 aromatic heterocycles. The summed E-state index contributed by atoms with van der Waals surface area (Å²) < 4.78 is 7.12. The smallest absolute Gasteiger partial charge is 0.244 e. The molecule has 0 bridgehead atoms. The highest BCUT2D eigenvalue weighted by molar-refractivity contribution is 5.91. The number of aryl methyl sites for hydroxylation is 1. The van der Waals surface area contributed by atoms with Gasteiger partial charge in [-0.25, -0.2) is 0 Å². The van der Waals surface area contributed by atoms with Crippen molar-refractivity contribution in [1.82, 2.24) is 20.0 Å². The van der Waals surface area contributed by atoms with Gasteiger partial charge in [-0.2, -0.15) is 5.10 Å². The Balaban J connectivity index is 1.60.